The van der Waals surface area contributed by atoms with Crippen LogP contribution in [0.4, 0.5) is 0 Å². The number of halogens is 1. The van der Waals surface area contributed by atoms with Crippen LogP contribution in [0.5, 0.6) is 5.75 Å². The molecule has 4 nitrogen and oxygen atoms in total. The summed E-state index contributed by atoms with van der Waals surface area (Å²) in [6.07, 6.45) is -0.0650. The number of hydrogen-bond acceptors (Lipinski definition) is 3. The molecule has 0 aromatic heterocycles. The highest BCUT2D eigenvalue weighted by Crippen LogP contribution is 2.48. The van der Waals surface area contributed by atoms with E-state index in [0.29, 0.717) is 21.9 Å². The summed E-state index contributed by atoms with van der Waals surface area (Å²) in [7, 11) is 1.54. The zero-order chi connectivity index (χ0) is 23.4. The second-order valence-electron chi connectivity index (χ2n) is 7.90. The fourth-order valence-electron chi connectivity index (χ4n) is 4.50. The van der Waals surface area contributed by atoms with Crippen molar-refractivity contribution in [3.63, 3.8) is 0 Å². The van der Waals surface area contributed by atoms with Crippen molar-refractivity contribution in [1.29, 1.82) is 5.26 Å². The Morgan fingerprint density at radius 3 is 2.33 bits per heavy atom. The van der Waals surface area contributed by atoms with E-state index in [1.807, 2.05) is 60.7 Å². The van der Waals surface area contributed by atoms with E-state index in [0.717, 1.165) is 16.3 Å². The van der Waals surface area contributed by atoms with Gasteiger partial charge in [0.25, 0.3) is 0 Å². The number of aliphatic carboxylic acids is 1. The summed E-state index contributed by atoms with van der Waals surface area (Å²) in [6, 6.07) is 30.0. The summed E-state index contributed by atoms with van der Waals surface area (Å²) in [6.45, 7) is 0. The number of benzene rings is 4. The van der Waals surface area contributed by atoms with Crippen LogP contribution < -0.4 is 4.74 Å². The molecule has 0 radical (unpaired) electrons. The average Bonchev–Trinajstić information content (AvgIpc) is 2.85. The molecular formula is C28H22ClNO3. The molecule has 0 saturated carbocycles. The smallest absolute Gasteiger partial charge is 0.325 e. The molecule has 0 spiro atoms. The summed E-state index contributed by atoms with van der Waals surface area (Å²) in [5.74, 6) is -1.51. The van der Waals surface area contributed by atoms with E-state index >= 15 is 0 Å². The molecule has 0 aliphatic heterocycles. The van der Waals surface area contributed by atoms with E-state index in [1.165, 1.54) is 0 Å². The minimum Gasteiger partial charge on any atom is -0.496 e. The molecule has 2 atom stereocenters. The minimum atomic E-state index is -1.84. The van der Waals surface area contributed by atoms with E-state index in [1.54, 1.807) is 37.4 Å². The van der Waals surface area contributed by atoms with Crippen LogP contribution in [0.15, 0.2) is 91.0 Å². The Labute approximate surface area is 197 Å². The van der Waals surface area contributed by atoms with Gasteiger partial charge in [0.1, 0.15) is 5.75 Å². The van der Waals surface area contributed by atoms with Gasteiger partial charge in [0, 0.05) is 22.9 Å². The highest BCUT2D eigenvalue weighted by molar-refractivity contribution is 6.31. The Balaban J connectivity index is 2.07. The van der Waals surface area contributed by atoms with Gasteiger partial charge < -0.3 is 9.84 Å². The van der Waals surface area contributed by atoms with Gasteiger partial charge in [-0.05, 0) is 34.0 Å². The second kappa shape index (κ2) is 9.36. The zero-order valence-corrected chi connectivity index (χ0v) is 18.8. The maximum Gasteiger partial charge on any atom is 0.325 e. The van der Waals surface area contributed by atoms with Gasteiger partial charge in [0.05, 0.1) is 13.2 Å². The van der Waals surface area contributed by atoms with Gasteiger partial charge in [-0.15, -0.1) is 0 Å². The van der Waals surface area contributed by atoms with Gasteiger partial charge in [-0.3, -0.25) is 4.79 Å². The van der Waals surface area contributed by atoms with Gasteiger partial charge in [0.15, 0.2) is 5.41 Å². The van der Waals surface area contributed by atoms with Crippen LogP contribution in [0, 0.1) is 16.7 Å². The quantitative estimate of drug-likeness (QED) is 0.346. The number of fused-ring (bicyclic) bond motifs is 1. The Morgan fingerprint density at radius 2 is 1.61 bits per heavy atom. The van der Waals surface area contributed by atoms with Crippen molar-refractivity contribution in [2.75, 3.05) is 7.11 Å². The van der Waals surface area contributed by atoms with Gasteiger partial charge in [-0.2, -0.15) is 5.26 Å². The van der Waals surface area contributed by atoms with Crippen molar-refractivity contribution < 1.29 is 14.6 Å². The summed E-state index contributed by atoms with van der Waals surface area (Å²) in [5.41, 5.74) is 0.133. The molecule has 0 saturated heterocycles. The molecule has 33 heavy (non-hydrogen) atoms. The summed E-state index contributed by atoms with van der Waals surface area (Å²) in [5, 5.41) is 23.4. The highest BCUT2D eigenvalue weighted by Gasteiger charge is 2.50. The predicted octanol–water partition coefficient (Wildman–Crippen LogP) is 6.47. The topological polar surface area (TPSA) is 70.3 Å². The van der Waals surface area contributed by atoms with Gasteiger partial charge in [-0.25, -0.2) is 0 Å². The Morgan fingerprint density at radius 1 is 0.970 bits per heavy atom. The Bertz CT molecular complexity index is 1360. The first kappa shape index (κ1) is 22.4. The normalized spacial score (nSPS) is 13.6. The number of rotatable bonds is 7. The number of carboxylic acid groups (broad SMARTS) is 1. The average molecular weight is 456 g/mol. The molecule has 0 amide bonds. The number of carboxylic acids is 1. The minimum absolute atomic E-state index is 0.0650. The van der Waals surface area contributed by atoms with Crippen LogP contribution in [0.1, 0.15) is 22.6 Å². The maximum absolute atomic E-state index is 13.0. The number of methoxy groups -OCH3 is 1. The molecule has 5 heteroatoms. The van der Waals surface area contributed by atoms with E-state index in [-0.39, 0.29) is 6.42 Å². The molecule has 4 aromatic carbocycles. The van der Waals surface area contributed by atoms with Crippen LogP contribution in [-0.2, 0) is 11.2 Å². The number of carbonyl (C=O) groups is 1. The van der Waals surface area contributed by atoms with E-state index in [4.69, 9.17) is 16.3 Å². The van der Waals surface area contributed by atoms with Crippen molar-refractivity contribution in [3.8, 4) is 11.8 Å². The molecule has 0 heterocycles. The van der Waals surface area contributed by atoms with Crippen molar-refractivity contribution in [2.24, 2.45) is 5.41 Å². The third-order valence-corrected chi connectivity index (χ3v) is 6.45. The largest absolute Gasteiger partial charge is 0.496 e. The van der Waals surface area contributed by atoms with Crippen LogP contribution in [-0.4, -0.2) is 18.2 Å². The molecule has 4 aromatic rings. The van der Waals surface area contributed by atoms with Crippen molar-refractivity contribution in [2.45, 2.75) is 12.3 Å². The highest BCUT2D eigenvalue weighted by atomic mass is 35.5. The van der Waals surface area contributed by atoms with E-state index < -0.39 is 17.3 Å². The second-order valence-corrected chi connectivity index (χ2v) is 8.31. The first-order chi connectivity index (χ1) is 16.0. The molecule has 164 valence electrons. The number of nitrogens with zero attached hydrogens (tertiary/aromatic N) is 1. The first-order valence-electron chi connectivity index (χ1n) is 10.5. The Kier molecular flexibility index (Phi) is 6.35. The fourth-order valence-corrected chi connectivity index (χ4v) is 4.70. The molecular weight excluding hydrogens is 434 g/mol. The maximum atomic E-state index is 13.0. The van der Waals surface area contributed by atoms with Gasteiger partial charge in [0.2, 0.25) is 0 Å². The number of nitriles is 1. The lowest BCUT2D eigenvalue weighted by Gasteiger charge is -2.34. The lowest BCUT2D eigenvalue weighted by Crippen LogP contribution is -2.39. The van der Waals surface area contributed by atoms with Crippen LogP contribution in [0.25, 0.3) is 10.8 Å². The van der Waals surface area contributed by atoms with Crippen LogP contribution >= 0.6 is 11.6 Å². The third-order valence-electron chi connectivity index (χ3n) is 6.09. The monoisotopic (exact) mass is 455 g/mol. The fraction of sp³-hybridized carbons (Fsp3) is 0.143. The molecule has 0 aliphatic carbocycles. The third kappa shape index (κ3) is 4.04. The Hall–Kier alpha value is -3.81. The van der Waals surface area contributed by atoms with Crippen LogP contribution in [0.2, 0.25) is 5.02 Å². The predicted molar refractivity (Wildman–Crippen MR) is 130 cm³/mol. The first-order valence-corrected chi connectivity index (χ1v) is 10.9. The lowest BCUT2D eigenvalue weighted by atomic mass is 9.65. The summed E-state index contributed by atoms with van der Waals surface area (Å²) in [4.78, 5) is 13.0. The van der Waals surface area contributed by atoms with Crippen molar-refractivity contribution in [1.82, 2.24) is 0 Å². The molecule has 0 bridgehead atoms. The number of ether oxygens (including phenoxy) is 1. The van der Waals surface area contributed by atoms with Gasteiger partial charge in [-0.1, -0.05) is 90.5 Å². The zero-order valence-electron chi connectivity index (χ0n) is 18.0. The standard InChI is InChI=1S/C28H22ClNO3/c1-33-25-16-7-5-13-23(25)26(22-14-8-11-19-9-2-4-12-21(19)22)28(18-30,27(31)32)17-20-10-3-6-15-24(20)29/h2-16,26H,17H2,1H3,(H,31,32). The van der Waals surface area contributed by atoms with Crippen LogP contribution in [0.3, 0.4) is 0 Å². The van der Waals surface area contributed by atoms with Crippen molar-refractivity contribution in [3.05, 3.63) is 113 Å². The molecule has 0 aliphatic rings. The van der Waals surface area contributed by atoms with E-state index in [9.17, 15) is 15.2 Å². The molecule has 2 unspecified atom stereocenters. The number of hydrogen-bond donors (Lipinski definition) is 1. The number of para-hydroxylation sites is 1. The van der Waals surface area contributed by atoms with Gasteiger partial charge >= 0.3 is 5.97 Å². The molecule has 1 N–H and O–H groups in total. The summed E-state index contributed by atoms with van der Waals surface area (Å²) >= 11 is 6.42. The molecule has 4 rings (SSSR count). The lowest BCUT2D eigenvalue weighted by molar-refractivity contribution is -0.146. The molecule has 0 fully saturated rings. The SMILES string of the molecule is COc1ccccc1C(c1cccc2ccccc12)C(C#N)(Cc1ccccc1Cl)C(=O)O. The van der Waals surface area contributed by atoms with E-state index in [2.05, 4.69) is 6.07 Å². The van der Waals surface area contributed by atoms with Crippen molar-refractivity contribution >= 4 is 28.3 Å². The summed E-state index contributed by atoms with van der Waals surface area (Å²) < 4.78 is 5.62.